The summed E-state index contributed by atoms with van der Waals surface area (Å²) in [6.07, 6.45) is 8.77. The van der Waals surface area contributed by atoms with Crippen LogP contribution in [0.15, 0.2) is 18.5 Å². The van der Waals surface area contributed by atoms with E-state index in [9.17, 15) is 10.1 Å². The highest BCUT2D eigenvalue weighted by molar-refractivity contribution is 6.06. The Bertz CT molecular complexity index is 894. The lowest BCUT2D eigenvalue weighted by Gasteiger charge is -2.57. The van der Waals surface area contributed by atoms with Crippen LogP contribution >= 0.6 is 0 Å². The molecule has 4 N–H and O–H groups in total. The van der Waals surface area contributed by atoms with E-state index in [2.05, 4.69) is 21.4 Å². The van der Waals surface area contributed by atoms with Gasteiger partial charge >= 0.3 is 0 Å². The number of rotatable bonds is 3. The molecular weight excluding hydrogens is 314 g/mol. The first-order chi connectivity index (χ1) is 12.1. The third-order valence-corrected chi connectivity index (χ3v) is 6.67. The molecule has 4 fully saturated rings. The number of nitrogens with zero attached hydrogens (tertiary/aromatic N) is 2. The second-order valence-electron chi connectivity index (χ2n) is 8.18. The van der Waals surface area contributed by atoms with Crippen LogP contribution in [0.1, 0.15) is 42.5 Å². The van der Waals surface area contributed by atoms with E-state index in [4.69, 9.17) is 5.73 Å². The van der Waals surface area contributed by atoms with Crippen molar-refractivity contribution in [1.29, 1.82) is 5.26 Å². The Morgan fingerprint density at radius 2 is 2.12 bits per heavy atom. The van der Waals surface area contributed by atoms with Crippen LogP contribution in [0, 0.1) is 34.5 Å². The van der Waals surface area contributed by atoms with Gasteiger partial charge in [0.05, 0.1) is 22.7 Å². The van der Waals surface area contributed by atoms with Crippen LogP contribution in [0.25, 0.3) is 11.0 Å². The van der Waals surface area contributed by atoms with Gasteiger partial charge in [0.1, 0.15) is 5.65 Å². The number of H-pyrrole nitrogens is 1. The molecule has 128 valence electrons. The molecule has 6 nitrogen and oxygen atoms in total. The smallest absolute Gasteiger partial charge is 0.252 e. The SMILES string of the molecule is N#CC12CC3CC(C1)C(Nc1c(C(N)=O)cnc4[nH]ccc14)C(C3)C2. The lowest BCUT2D eigenvalue weighted by Crippen LogP contribution is -2.55. The second-order valence-corrected chi connectivity index (χ2v) is 8.18. The maximum Gasteiger partial charge on any atom is 0.252 e. The molecule has 0 spiro atoms. The zero-order valence-corrected chi connectivity index (χ0v) is 14.0. The Labute approximate surface area is 145 Å². The zero-order chi connectivity index (χ0) is 17.2. The third kappa shape index (κ3) is 2.08. The summed E-state index contributed by atoms with van der Waals surface area (Å²) >= 11 is 0. The van der Waals surface area contributed by atoms with Crippen molar-refractivity contribution in [3.63, 3.8) is 0 Å². The predicted molar refractivity (Wildman–Crippen MR) is 93.6 cm³/mol. The van der Waals surface area contributed by atoms with Crippen LogP contribution in [0.2, 0.25) is 0 Å². The highest BCUT2D eigenvalue weighted by Crippen LogP contribution is 2.60. The average molecular weight is 335 g/mol. The number of primary amides is 1. The fourth-order valence-corrected chi connectivity index (χ4v) is 5.91. The minimum absolute atomic E-state index is 0.108. The van der Waals surface area contributed by atoms with Crippen molar-refractivity contribution in [1.82, 2.24) is 9.97 Å². The van der Waals surface area contributed by atoms with Crippen molar-refractivity contribution >= 4 is 22.6 Å². The maximum absolute atomic E-state index is 11.9. The molecular formula is C19H21N5O. The van der Waals surface area contributed by atoms with Gasteiger partial charge in [-0.2, -0.15) is 5.26 Å². The van der Waals surface area contributed by atoms with Crippen molar-refractivity contribution in [2.24, 2.45) is 28.9 Å². The number of aromatic amines is 1. The number of nitrogens with two attached hydrogens (primary N) is 1. The predicted octanol–water partition coefficient (Wildman–Crippen LogP) is 2.79. The lowest BCUT2D eigenvalue weighted by atomic mass is 9.48. The summed E-state index contributed by atoms with van der Waals surface area (Å²) in [5.74, 6) is 1.22. The van der Waals surface area contributed by atoms with E-state index in [-0.39, 0.29) is 5.41 Å². The summed E-state index contributed by atoms with van der Waals surface area (Å²) in [5.41, 5.74) is 7.48. The molecule has 0 aliphatic heterocycles. The van der Waals surface area contributed by atoms with Gasteiger partial charge in [-0.25, -0.2) is 4.98 Å². The standard InChI is InChI=1S/C19H21N5O/c20-9-19-5-10-3-11(6-19)15(12(4-10)7-19)24-16-13-1-2-22-18(13)23-8-14(16)17(21)25/h1-2,8,10-12,15H,3-7H2,(H2,21,25)(H2,22,23,24). The van der Waals surface area contributed by atoms with E-state index in [1.807, 2.05) is 12.3 Å². The monoisotopic (exact) mass is 335 g/mol. The van der Waals surface area contributed by atoms with Gasteiger partial charge in [-0.3, -0.25) is 4.79 Å². The van der Waals surface area contributed by atoms with Crippen LogP contribution in [-0.2, 0) is 0 Å². The highest BCUT2D eigenvalue weighted by atomic mass is 16.1. The number of amides is 1. The van der Waals surface area contributed by atoms with E-state index in [1.165, 1.54) is 12.8 Å². The molecule has 6 rings (SSSR count). The average Bonchev–Trinajstić information content (AvgIpc) is 3.06. The van der Waals surface area contributed by atoms with Crippen molar-refractivity contribution in [2.45, 2.75) is 38.1 Å². The Hall–Kier alpha value is -2.55. The number of nitriles is 1. The fourth-order valence-electron chi connectivity index (χ4n) is 5.91. The number of carbonyl (C=O) groups excluding carboxylic acids is 1. The summed E-state index contributed by atoms with van der Waals surface area (Å²) in [6, 6.07) is 4.87. The molecule has 6 heteroatoms. The Morgan fingerprint density at radius 3 is 2.80 bits per heavy atom. The maximum atomic E-state index is 11.9. The summed E-state index contributed by atoms with van der Waals surface area (Å²) in [4.78, 5) is 19.3. The number of carbonyl (C=O) groups is 1. The normalized spacial score (nSPS) is 35.6. The molecule has 0 saturated heterocycles. The molecule has 2 aromatic heterocycles. The van der Waals surface area contributed by atoms with Crippen LogP contribution in [0.5, 0.6) is 0 Å². The van der Waals surface area contributed by atoms with E-state index < -0.39 is 5.91 Å². The molecule has 2 heterocycles. The lowest BCUT2D eigenvalue weighted by molar-refractivity contribution is -0.0296. The van der Waals surface area contributed by atoms with Gasteiger partial charge in [0.25, 0.3) is 5.91 Å². The molecule has 2 atom stereocenters. The van der Waals surface area contributed by atoms with Crippen LogP contribution in [-0.4, -0.2) is 21.9 Å². The summed E-state index contributed by atoms with van der Waals surface area (Å²) < 4.78 is 0. The second kappa shape index (κ2) is 4.98. The van der Waals surface area contributed by atoms with Crippen LogP contribution < -0.4 is 11.1 Å². The number of hydrogen-bond acceptors (Lipinski definition) is 4. The van der Waals surface area contributed by atoms with Gasteiger partial charge in [-0.05, 0) is 55.9 Å². The first-order valence-corrected chi connectivity index (χ1v) is 9.02. The topological polar surface area (TPSA) is 108 Å². The fraction of sp³-hybridized carbons (Fsp3) is 0.526. The molecule has 4 aliphatic carbocycles. The van der Waals surface area contributed by atoms with Gasteiger partial charge in [-0.15, -0.1) is 0 Å². The molecule has 4 aliphatic rings. The number of anilines is 1. The van der Waals surface area contributed by atoms with E-state index in [1.54, 1.807) is 6.20 Å². The van der Waals surface area contributed by atoms with Crippen LogP contribution in [0.4, 0.5) is 5.69 Å². The summed E-state index contributed by atoms with van der Waals surface area (Å²) in [5, 5.41) is 14.3. The Kier molecular flexibility index (Phi) is 2.94. The van der Waals surface area contributed by atoms with Gasteiger partial charge in [0.2, 0.25) is 0 Å². The summed E-state index contributed by atoms with van der Waals surface area (Å²) in [7, 11) is 0. The third-order valence-electron chi connectivity index (χ3n) is 6.67. The molecule has 0 radical (unpaired) electrons. The van der Waals surface area contributed by atoms with E-state index in [0.717, 1.165) is 36.0 Å². The molecule has 4 saturated carbocycles. The number of pyridine rings is 1. The van der Waals surface area contributed by atoms with Crippen LogP contribution in [0.3, 0.4) is 0 Å². The van der Waals surface area contributed by atoms with Gasteiger partial charge in [-0.1, -0.05) is 0 Å². The zero-order valence-electron chi connectivity index (χ0n) is 14.0. The molecule has 4 bridgehead atoms. The van der Waals surface area contributed by atoms with Gasteiger partial charge in [0, 0.05) is 23.8 Å². The molecule has 25 heavy (non-hydrogen) atoms. The van der Waals surface area contributed by atoms with Crippen molar-refractivity contribution in [3.8, 4) is 6.07 Å². The highest BCUT2D eigenvalue weighted by Gasteiger charge is 2.55. The first-order valence-electron chi connectivity index (χ1n) is 9.02. The first kappa shape index (κ1) is 14.8. The van der Waals surface area contributed by atoms with Gasteiger partial charge in [0.15, 0.2) is 0 Å². The van der Waals surface area contributed by atoms with Crippen molar-refractivity contribution < 1.29 is 4.79 Å². The van der Waals surface area contributed by atoms with Gasteiger partial charge < -0.3 is 16.0 Å². The number of aromatic nitrogens is 2. The minimum Gasteiger partial charge on any atom is -0.380 e. The number of fused-ring (bicyclic) bond motifs is 1. The summed E-state index contributed by atoms with van der Waals surface area (Å²) in [6.45, 7) is 0. The number of hydrogen-bond donors (Lipinski definition) is 3. The van der Waals surface area contributed by atoms with E-state index >= 15 is 0 Å². The minimum atomic E-state index is -0.463. The molecule has 1 amide bonds. The largest absolute Gasteiger partial charge is 0.380 e. The molecule has 2 aromatic rings. The molecule has 0 aromatic carbocycles. The number of nitrogens with one attached hydrogen (secondary N) is 2. The quantitative estimate of drug-likeness (QED) is 0.801. The van der Waals surface area contributed by atoms with E-state index in [0.29, 0.717) is 29.4 Å². The Balaban J connectivity index is 1.54. The van der Waals surface area contributed by atoms with Crippen molar-refractivity contribution in [3.05, 3.63) is 24.0 Å². The molecule has 2 unspecified atom stereocenters. The van der Waals surface area contributed by atoms with Crippen molar-refractivity contribution in [2.75, 3.05) is 5.32 Å². The Morgan fingerprint density at radius 1 is 1.36 bits per heavy atom.